The molecule has 0 spiro atoms. The van der Waals surface area contributed by atoms with Crippen molar-refractivity contribution in [3.05, 3.63) is 51.6 Å². The Labute approximate surface area is 150 Å². The third kappa shape index (κ3) is 3.18. The maximum atomic E-state index is 13.2. The van der Waals surface area contributed by atoms with Crippen LogP contribution in [-0.4, -0.2) is 33.5 Å². The first-order chi connectivity index (χ1) is 11.6. The molecule has 4 nitrogen and oxygen atoms in total. The Bertz CT molecular complexity index is 874. The van der Waals surface area contributed by atoms with Crippen molar-refractivity contribution in [2.75, 3.05) is 0 Å². The summed E-state index contributed by atoms with van der Waals surface area (Å²) in [4.78, 5) is 13.3. The molecule has 0 saturated carbocycles. The first-order valence-electron chi connectivity index (χ1n) is 8.62. The van der Waals surface area contributed by atoms with Gasteiger partial charge in [0.15, 0.2) is 5.78 Å². The maximum absolute atomic E-state index is 13.2. The lowest BCUT2D eigenvalue weighted by molar-refractivity contribution is -0.114. The third-order valence-electron chi connectivity index (χ3n) is 4.89. The summed E-state index contributed by atoms with van der Waals surface area (Å²) in [6.45, 7) is 6.21. The third-order valence-corrected chi connectivity index (χ3v) is 8.93. The van der Waals surface area contributed by atoms with Crippen LogP contribution in [0.15, 0.2) is 56.5 Å². The molecular weight excluding hydrogens is 352 g/mol. The van der Waals surface area contributed by atoms with E-state index in [1.54, 1.807) is 30.3 Å². The van der Waals surface area contributed by atoms with Gasteiger partial charge in [-0.2, -0.15) is 0 Å². The largest absolute Gasteiger partial charge is 0.388 e. The fourth-order valence-electron chi connectivity index (χ4n) is 3.87. The van der Waals surface area contributed by atoms with Gasteiger partial charge >= 0.3 is 0 Å². The Kier molecular flexibility index (Phi) is 4.64. The second-order valence-electron chi connectivity index (χ2n) is 7.76. The quantitative estimate of drug-likeness (QED) is 0.821. The first-order valence-corrected chi connectivity index (χ1v) is 13.6. The van der Waals surface area contributed by atoms with Gasteiger partial charge in [-0.1, -0.05) is 37.8 Å². The van der Waals surface area contributed by atoms with Crippen LogP contribution in [0, 0.1) is 0 Å². The molecule has 0 heterocycles. The van der Waals surface area contributed by atoms with Crippen LogP contribution in [0.2, 0.25) is 19.6 Å². The van der Waals surface area contributed by atoms with Crippen molar-refractivity contribution in [1.82, 2.24) is 0 Å². The van der Waals surface area contributed by atoms with Crippen LogP contribution in [0.4, 0.5) is 0 Å². The van der Waals surface area contributed by atoms with E-state index in [1.807, 2.05) is 0 Å². The molecule has 0 fully saturated rings. The average molecular weight is 377 g/mol. The van der Waals surface area contributed by atoms with E-state index in [0.717, 1.165) is 5.20 Å². The van der Waals surface area contributed by atoms with Gasteiger partial charge in [0.1, 0.15) is 0 Å². The van der Waals surface area contributed by atoms with E-state index in [9.17, 15) is 18.3 Å². The number of carbonyl (C=O) groups excluding carboxylic acids is 1. The van der Waals surface area contributed by atoms with Crippen LogP contribution in [0.3, 0.4) is 0 Å². The number of hydrogen-bond donors (Lipinski definition) is 1. The van der Waals surface area contributed by atoms with E-state index in [2.05, 4.69) is 19.6 Å². The lowest BCUT2D eigenvalue weighted by Crippen LogP contribution is -2.30. The SMILES string of the molecule is C[Si](C)(C)C1=C2C(=C(S(=O)(=O)c3ccccc3)CCCC2O)CC1=O. The van der Waals surface area contributed by atoms with Gasteiger partial charge in [-0.05, 0) is 47.7 Å². The molecule has 6 heteroatoms. The van der Waals surface area contributed by atoms with Crippen molar-refractivity contribution in [1.29, 1.82) is 0 Å². The molecule has 0 aromatic heterocycles. The van der Waals surface area contributed by atoms with Gasteiger partial charge in [0.05, 0.1) is 24.0 Å². The highest BCUT2D eigenvalue weighted by atomic mass is 32.2. The Hall–Kier alpha value is -1.50. The van der Waals surface area contributed by atoms with Crippen LogP contribution in [0.25, 0.3) is 0 Å². The van der Waals surface area contributed by atoms with E-state index in [4.69, 9.17) is 0 Å². The number of ketones is 1. The summed E-state index contributed by atoms with van der Waals surface area (Å²) in [5.74, 6) is -0.00845. The summed E-state index contributed by atoms with van der Waals surface area (Å²) in [6.07, 6.45) is 0.829. The summed E-state index contributed by atoms with van der Waals surface area (Å²) >= 11 is 0. The predicted octanol–water partition coefficient (Wildman–Crippen LogP) is 3.41. The molecule has 1 unspecified atom stereocenters. The smallest absolute Gasteiger partial charge is 0.203 e. The molecule has 1 N–H and O–H groups in total. The van der Waals surface area contributed by atoms with Crippen LogP contribution in [-0.2, 0) is 14.6 Å². The van der Waals surface area contributed by atoms with Crippen molar-refractivity contribution in [3.8, 4) is 0 Å². The van der Waals surface area contributed by atoms with Gasteiger partial charge in [0.25, 0.3) is 0 Å². The number of carbonyl (C=O) groups is 1. The second kappa shape index (κ2) is 6.34. The Morgan fingerprint density at radius 2 is 1.76 bits per heavy atom. The molecule has 1 atom stereocenters. The summed E-state index contributed by atoms with van der Waals surface area (Å²) in [6, 6.07) is 8.36. The summed E-state index contributed by atoms with van der Waals surface area (Å²) < 4.78 is 26.4. The number of aliphatic hydroxyl groups is 1. The van der Waals surface area contributed by atoms with Crippen LogP contribution in [0.5, 0.6) is 0 Å². The molecule has 25 heavy (non-hydrogen) atoms. The zero-order valence-corrected chi connectivity index (χ0v) is 16.7. The lowest BCUT2D eigenvalue weighted by Gasteiger charge is -2.21. The minimum atomic E-state index is -3.66. The predicted molar refractivity (Wildman–Crippen MR) is 101 cm³/mol. The fraction of sp³-hybridized carbons (Fsp3) is 0.421. The molecule has 0 saturated heterocycles. The molecule has 2 aliphatic carbocycles. The van der Waals surface area contributed by atoms with Crippen LogP contribution >= 0.6 is 0 Å². The highest BCUT2D eigenvalue weighted by Gasteiger charge is 2.42. The number of allylic oxidation sites excluding steroid dienone is 2. The second-order valence-corrected chi connectivity index (χ2v) is 14.7. The monoisotopic (exact) mass is 376 g/mol. The molecule has 2 aliphatic rings. The van der Waals surface area contributed by atoms with E-state index >= 15 is 0 Å². The fourth-order valence-corrected chi connectivity index (χ4v) is 7.64. The zero-order chi connectivity index (χ0) is 18.4. The summed E-state index contributed by atoms with van der Waals surface area (Å²) in [5, 5.41) is 11.4. The van der Waals surface area contributed by atoms with Gasteiger partial charge in [0, 0.05) is 6.42 Å². The van der Waals surface area contributed by atoms with Crippen molar-refractivity contribution in [2.45, 2.75) is 56.3 Å². The molecule has 3 rings (SSSR count). The number of aliphatic hydroxyl groups excluding tert-OH is 1. The highest BCUT2D eigenvalue weighted by molar-refractivity contribution is 7.95. The number of hydrogen-bond acceptors (Lipinski definition) is 4. The first kappa shape index (κ1) is 18.3. The van der Waals surface area contributed by atoms with Gasteiger partial charge in [-0.15, -0.1) is 0 Å². The lowest BCUT2D eigenvalue weighted by atomic mass is 10.0. The van der Waals surface area contributed by atoms with Crippen molar-refractivity contribution in [2.24, 2.45) is 0 Å². The van der Waals surface area contributed by atoms with Gasteiger partial charge in [-0.25, -0.2) is 8.42 Å². The van der Waals surface area contributed by atoms with Gasteiger partial charge in [0.2, 0.25) is 9.84 Å². The van der Waals surface area contributed by atoms with Crippen molar-refractivity contribution >= 4 is 23.7 Å². The van der Waals surface area contributed by atoms with Gasteiger partial charge in [-0.3, -0.25) is 4.79 Å². The molecule has 0 bridgehead atoms. The normalized spacial score (nSPS) is 22.2. The van der Waals surface area contributed by atoms with Crippen molar-refractivity contribution in [3.63, 3.8) is 0 Å². The Morgan fingerprint density at radius 3 is 2.36 bits per heavy atom. The van der Waals surface area contributed by atoms with E-state index < -0.39 is 24.0 Å². The van der Waals surface area contributed by atoms with Crippen LogP contribution in [0.1, 0.15) is 25.7 Å². The number of fused-ring (bicyclic) bond motifs is 1. The summed E-state index contributed by atoms with van der Waals surface area (Å²) in [7, 11) is -5.64. The molecule has 0 aliphatic heterocycles. The van der Waals surface area contributed by atoms with Crippen LogP contribution < -0.4 is 0 Å². The molecule has 0 amide bonds. The molecule has 1 aromatic rings. The number of benzene rings is 1. The highest BCUT2D eigenvalue weighted by Crippen LogP contribution is 2.44. The number of Topliss-reactive ketones (excluding diaryl/α,β-unsaturated/α-hetero) is 1. The van der Waals surface area contributed by atoms with E-state index in [-0.39, 0.29) is 17.1 Å². The van der Waals surface area contributed by atoms with Crippen molar-refractivity contribution < 1.29 is 18.3 Å². The average Bonchev–Trinajstić information content (AvgIpc) is 2.81. The maximum Gasteiger partial charge on any atom is 0.203 e. The number of rotatable bonds is 3. The molecule has 0 radical (unpaired) electrons. The van der Waals surface area contributed by atoms with Gasteiger partial charge < -0.3 is 5.11 Å². The topological polar surface area (TPSA) is 71.4 Å². The standard InChI is InChI=1S/C19H24O4SSi/c1-25(2,3)19-16(21)12-14-17(11-7-10-15(20)18(14)19)24(22,23)13-8-5-4-6-9-13/h4-6,8-9,15,20H,7,10-12H2,1-3H3. The molecule has 1 aromatic carbocycles. The Morgan fingerprint density at radius 1 is 1.12 bits per heavy atom. The minimum absolute atomic E-state index is 0.00845. The minimum Gasteiger partial charge on any atom is -0.388 e. The summed E-state index contributed by atoms with van der Waals surface area (Å²) in [5.41, 5.74) is 1.19. The zero-order valence-electron chi connectivity index (χ0n) is 14.9. The number of sulfone groups is 1. The van der Waals surface area contributed by atoms with E-state index in [0.29, 0.717) is 35.3 Å². The molecular formula is C19H24O4SSi. The Balaban J connectivity index is 2.27. The molecule has 134 valence electrons. The van der Waals surface area contributed by atoms with E-state index in [1.165, 1.54) is 0 Å².